The summed E-state index contributed by atoms with van der Waals surface area (Å²) < 4.78 is 52.9. The molecule has 1 aromatic carbocycles. The van der Waals surface area contributed by atoms with Gasteiger partial charge in [0, 0.05) is 20.2 Å². The van der Waals surface area contributed by atoms with E-state index in [9.17, 15) is 37.5 Å². The van der Waals surface area contributed by atoms with E-state index in [1.54, 1.807) is 34.8 Å². The van der Waals surface area contributed by atoms with Gasteiger partial charge in [-0.3, -0.25) is 33.1 Å². The van der Waals surface area contributed by atoms with Crippen LogP contribution >= 0.6 is 0 Å². The molecule has 1 aromatic rings. The smallest absolute Gasteiger partial charge is 0.269 e. The van der Waals surface area contributed by atoms with Crippen LogP contribution in [0.4, 0.5) is 0 Å². The molecule has 4 unspecified atom stereocenters. The lowest BCUT2D eigenvalue weighted by molar-refractivity contribution is -0.143. The van der Waals surface area contributed by atoms with E-state index in [1.807, 2.05) is 62.9 Å². The number of aryl methyl sites for hydroxylation is 1. The first-order valence-electron chi connectivity index (χ1n) is 22.8. The minimum Gasteiger partial charge on any atom is -0.382 e. The number of carbonyl (C=O) groups is 5. The van der Waals surface area contributed by atoms with Crippen LogP contribution in [0.15, 0.2) is 42.5 Å². The normalized spacial score (nSPS) is 16.2. The van der Waals surface area contributed by atoms with Crippen molar-refractivity contribution < 1.29 is 60.6 Å². The highest BCUT2D eigenvalue weighted by molar-refractivity contribution is 7.86. The lowest BCUT2D eigenvalue weighted by Gasteiger charge is -2.29. The second kappa shape index (κ2) is 27.9. The molecule has 2 rings (SSSR count). The molecule has 1 aliphatic heterocycles. The van der Waals surface area contributed by atoms with E-state index in [-0.39, 0.29) is 43.7 Å². The number of nitrogens with zero attached hydrogens (tertiary/aromatic N) is 1. The Morgan fingerprint density at radius 2 is 1.42 bits per heavy atom. The van der Waals surface area contributed by atoms with Crippen molar-refractivity contribution >= 4 is 39.5 Å². The van der Waals surface area contributed by atoms with Crippen molar-refractivity contribution in [3.8, 4) is 0 Å². The molecular formula is C47H79N5O13S. The average Bonchev–Trinajstić information content (AvgIpc) is 3.22. The van der Waals surface area contributed by atoms with Crippen LogP contribution in [0.5, 0.6) is 0 Å². The van der Waals surface area contributed by atoms with Crippen LogP contribution < -0.4 is 21.3 Å². The number of rotatable bonds is 32. The number of amides is 4. The van der Waals surface area contributed by atoms with E-state index < -0.39 is 87.5 Å². The van der Waals surface area contributed by atoms with Gasteiger partial charge in [-0.1, -0.05) is 64.6 Å². The molecule has 376 valence electrons. The monoisotopic (exact) mass is 954 g/mol. The maximum atomic E-state index is 14.0. The molecule has 0 aromatic heterocycles. The Balaban J connectivity index is 2.06. The molecule has 1 saturated heterocycles. The fraction of sp³-hybridized carbons (Fsp3) is 0.723. The molecule has 1 fully saturated rings. The number of methoxy groups -OCH3 is 1. The maximum Gasteiger partial charge on any atom is 0.269 e. The van der Waals surface area contributed by atoms with Crippen LogP contribution in [0, 0.1) is 11.8 Å². The summed E-state index contributed by atoms with van der Waals surface area (Å²) in [5.41, 5.74) is -2.09. The lowest BCUT2D eigenvalue weighted by Crippen LogP contribution is -2.57. The Kier molecular flexibility index (Phi) is 24.6. The summed E-state index contributed by atoms with van der Waals surface area (Å²) in [5, 5.41) is 21.9. The minimum absolute atomic E-state index is 0.0482. The van der Waals surface area contributed by atoms with Crippen LogP contribution in [0.3, 0.4) is 0 Å². The predicted octanol–water partition coefficient (Wildman–Crippen LogP) is 2.46. The lowest BCUT2D eigenvalue weighted by atomic mass is 9.90. The van der Waals surface area contributed by atoms with Crippen molar-refractivity contribution in [2.45, 2.75) is 129 Å². The van der Waals surface area contributed by atoms with Crippen molar-refractivity contribution in [1.82, 2.24) is 26.2 Å². The third-order valence-electron chi connectivity index (χ3n) is 10.7. The van der Waals surface area contributed by atoms with Gasteiger partial charge in [-0.15, -0.1) is 0 Å². The van der Waals surface area contributed by atoms with Crippen molar-refractivity contribution in [1.29, 1.82) is 0 Å². The summed E-state index contributed by atoms with van der Waals surface area (Å²) in [6.45, 7) is 21.1. The molecule has 18 nitrogen and oxygen atoms in total. The summed E-state index contributed by atoms with van der Waals surface area (Å²) in [6.07, 6.45) is 1.69. The fourth-order valence-electron chi connectivity index (χ4n) is 6.98. The van der Waals surface area contributed by atoms with Crippen LogP contribution in [-0.4, -0.2) is 161 Å². The van der Waals surface area contributed by atoms with Gasteiger partial charge in [-0.05, 0) is 89.7 Å². The van der Waals surface area contributed by atoms with Gasteiger partial charge in [0.05, 0.1) is 69.1 Å². The predicted molar refractivity (Wildman–Crippen MR) is 251 cm³/mol. The van der Waals surface area contributed by atoms with Gasteiger partial charge >= 0.3 is 0 Å². The van der Waals surface area contributed by atoms with Gasteiger partial charge in [-0.25, -0.2) is 0 Å². The summed E-state index contributed by atoms with van der Waals surface area (Å²) in [7, 11) is -2.67. The number of Topliss-reactive ketones (excluding diaryl/α,β-unsaturated/α-hetero) is 1. The quantitative estimate of drug-likeness (QED) is 0.0516. The standard InChI is InChI=1S/C47H79N5O13S/c1-33(2)27-37(42(55)47(10,58)32-65-66(59,60)26-25-64-45(6,7)19-22-63-46(8,9)31-61-11)49-39(53)29-48-43(56)38(28-34(3)4)50-44(57)41(35(5)17-18-36-15-13-12-14-16-36)51-40(54)30-52-20-23-62-24-21-52/h12-16,33-34,37-38,41,58H,5,17-32H2,1-4,6-11H3,(H,48,56)(H,49,53)(H,50,57)(H,51,54). The summed E-state index contributed by atoms with van der Waals surface area (Å²) in [5.74, 6) is -4.13. The molecule has 4 atom stereocenters. The second-order valence-corrected chi connectivity index (χ2v) is 21.0. The zero-order valence-corrected chi connectivity index (χ0v) is 41.8. The molecule has 5 N–H and O–H groups in total. The van der Waals surface area contributed by atoms with Crippen LogP contribution in [0.2, 0.25) is 0 Å². The van der Waals surface area contributed by atoms with Gasteiger partial charge < -0.3 is 45.3 Å². The topological polar surface area (TPSA) is 237 Å². The van der Waals surface area contributed by atoms with E-state index in [0.717, 1.165) is 12.5 Å². The summed E-state index contributed by atoms with van der Waals surface area (Å²) >= 11 is 0. The Morgan fingerprint density at radius 3 is 2.03 bits per heavy atom. The minimum atomic E-state index is -4.26. The van der Waals surface area contributed by atoms with Crippen molar-refractivity contribution in [3.63, 3.8) is 0 Å². The molecule has 1 aliphatic rings. The molecule has 0 spiro atoms. The molecule has 0 aliphatic carbocycles. The SMILES string of the molecule is C=C(CCc1ccccc1)C(NC(=O)CN1CCOCC1)C(=O)NC(CC(C)C)C(=O)NCC(=O)NC(CC(C)C)C(=O)C(C)(O)COS(=O)(=O)CCOC(C)(C)CCOC(C)(C)COC. The Morgan fingerprint density at radius 1 is 0.818 bits per heavy atom. The van der Waals surface area contributed by atoms with Gasteiger partial charge in [0.1, 0.15) is 24.3 Å². The highest BCUT2D eigenvalue weighted by atomic mass is 32.2. The fourth-order valence-corrected chi connectivity index (χ4v) is 7.79. The number of aliphatic hydroxyl groups is 1. The molecule has 19 heteroatoms. The Bertz CT molecular complexity index is 1820. The average molecular weight is 954 g/mol. The largest absolute Gasteiger partial charge is 0.382 e. The molecule has 0 radical (unpaired) electrons. The second-order valence-electron chi connectivity index (χ2n) is 19.3. The number of nitrogens with one attached hydrogen (secondary N) is 4. The van der Waals surface area contributed by atoms with E-state index >= 15 is 0 Å². The van der Waals surface area contributed by atoms with E-state index in [2.05, 4.69) is 27.8 Å². The van der Waals surface area contributed by atoms with Gasteiger partial charge in [0.2, 0.25) is 23.6 Å². The first kappa shape index (κ1) is 58.3. The Hall–Kier alpha value is -3.82. The molecule has 1 heterocycles. The molecule has 0 saturated carbocycles. The first-order chi connectivity index (χ1) is 30.7. The summed E-state index contributed by atoms with van der Waals surface area (Å²) in [4.78, 5) is 69.7. The number of carbonyl (C=O) groups excluding carboxylic acids is 5. The maximum absolute atomic E-state index is 14.0. The molecule has 0 bridgehead atoms. The number of hydrogen-bond donors (Lipinski definition) is 5. The number of benzene rings is 1. The molecular weight excluding hydrogens is 875 g/mol. The van der Waals surface area contributed by atoms with Crippen LogP contribution in [-0.2, 0) is 63.6 Å². The van der Waals surface area contributed by atoms with E-state index in [1.165, 1.54) is 0 Å². The zero-order valence-electron chi connectivity index (χ0n) is 41.0. The van der Waals surface area contributed by atoms with Gasteiger partial charge in [-0.2, -0.15) is 8.42 Å². The highest BCUT2D eigenvalue weighted by Crippen LogP contribution is 2.20. The first-order valence-corrected chi connectivity index (χ1v) is 24.4. The van der Waals surface area contributed by atoms with Crippen molar-refractivity contribution in [2.24, 2.45) is 11.8 Å². The molecule has 66 heavy (non-hydrogen) atoms. The van der Waals surface area contributed by atoms with Crippen molar-refractivity contribution in [2.75, 3.05) is 78.7 Å². The third kappa shape index (κ3) is 23.3. The highest BCUT2D eigenvalue weighted by Gasteiger charge is 2.39. The third-order valence-corrected chi connectivity index (χ3v) is 11.9. The van der Waals surface area contributed by atoms with Crippen LogP contribution in [0.25, 0.3) is 0 Å². The molecule has 4 amide bonds. The van der Waals surface area contributed by atoms with Crippen molar-refractivity contribution in [3.05, 3.63) is 48.0 Å². The van der Waals surface area contributed by atoms with Gasteiger partial charge in [0.25, 0.3) is 10.1 Å². The van der Waals surface area contributed by atoms with E-state index in [4.69, 9.17) is 23.1 Å². The van der Waals surface area contributed by atoms with Crippen LogP contribution in [0.1, 0.15) is 93.6 Å². The zero-order chi connectivity index (χ0) is 49.7. The Labute approximate surface area is 393 Å². The number of hydrogen-bond acceptors (Lipinski definition) is 14. The van der Waals surface area contributed by atoms with E-state index in [0.29, 0.717) is 64.4 Å². The van der Waals surface area contributed by atoms with Gasteiger partial charge in [0.15, 0.2) is 5.78 Å². The summed E-state index contributed by atoms with van der Waals surface area (Å²) in [6, 6.07) is 6.09. The number of ketones is 1. The number of morpholine rings is 1. The number of ether oxygens (including phenoxy) is 4.